The zero-order valence-electron chi connectivity index (χ0n) is 8.18. The Morgan fingerprint density at radius 1 is 1.57 bits per heavy atom. The first kappa shape index (κ1) is 9.81. The number of hydrogen-bond acceptors (Lipinski definition) is 2. The van der Waals surface area contributed by atoms with Crippen LogP contribution in [-0.4, -0.2) is 11.7 Å². The van der Waals surface area contributed by atoms with Crippen molar-refractivity contribution >= 4 is 11.6 Å². The van der Waals surface area contributed by atoms with E-state index in [0.717, 1.165) is 29.7 Å². The summed E-state index contributed by atoms with van der Waals surface area (Å²) >= 11 is 5.79. The summed E-state index contributed by atoms with van der Waals surface area (Å²) in [5.74, 6) is 0.914. The van der Waals surface area contributed by atoms with Gasteiger partial charge in [0.25, 0.3) is 0 Å². The number of aryl methyl sites for hydroxylation is 1. The van der Waals surface area contributed by atoms with Crippen LogP contribution in [-0.2, 0) is 5.88 Å². The minimum Gasteiger partial charge on any atom is -0.507 e. The number of phenolic OH excluding ortho intramolecular Hbond substituents is 1. The Balaban J connectivity index is 2.40. The maximum atomic E-state index is 9.87. The van der Waals surface area contributed by atoms with Gasteiger partial charge in [0, 0.05) is 17.5 Å². The average Bonchev–Trinajstić information content (AvgIpc) is 2.09. The Labute approximate surface area is 88.9 Å². The van der Waals surface area contributed by atoms with Crippen LogP contribution in [0.25, 0.3) is 0 Å². The highest BCUT2D eigenvalue weighted by Gasteiger charge is 2.22. The largest absolute Gasteiger partial charge is 0.507 e. The van der Waals surface area contributed by atoms with Crippen molar-refractivity contribution in [3.63, 3.8) is 0 Å². The van der Waals surface area contributed by atoms with Gasteiger partial charge < -0.3 is 10.4 Å². The molecule has 2 N–H and O–H groups in total. The summed E-state index contributed by atoms with van der Waals surface area (Å²) in [5, 5.41) is 13.1. The molecule has 1 heterocycles. The van der Waals surface area contributed by atoms with Crippen molar-refractivity contribution < 1.29 is 5.11 Å². The minimum atomic E-state index is 0.317. The molecule has 0 aromatic heterocycles. The van der Waals surface area contributed by atoms with Crippen LogP contribution in [0.3, 0.4) is 0 Å². The summed E-state index contributed by atoms with van der Waals surface area (Å²) in [6, 6.07) is 4.24. The van der Waals surface area contributed by atoms with Crippen molar-refractivity contribution in [1.29, 1.82) is 0 Å². The van der Waals surface area contributed by atoms with Gasteiger partial charge in [-0.1, -0.05) is 6.07 Å². The van der Waals surface area contributed by atoms with Gasteiger partial charge in [-0.25, -0.2) is 0 Å². The van der Waals surface area contributed by atoms with Crippen molar-refractivity contribution in [2.24, 2.45) is 0 Å². The van der Waals surface area contributed by atoms with E-state index in [2.05, 4.69) is 5.32 Å². The van der Waals surface area contributed by atoms with Crippen LogP contribution in [0.1, 0.15) is 29.2 Å². The van der Waals surface area contributed by atoms with E-state index in [1.54, 1.807) is 0 Å². The van der Waals surface area contributed by atoms with Crippen LogP contribution in [0.5, 0.6) is 5.75 Å². The van der Waals surface area contributed by atoms with E-state index < -0.39 is 0 Å². The van der Waals surface area contributed by atoms with Gasteiger partial charge in [-0.05, 0) is 37.1 Å². The van der Waals surface area contributed by atoms with Gasteiger partial charge >= 0.3 is 0 Å². The summed E-state index contributed by atoms with van der Waals surface area (Å²) in [5.41, 5.74) is 2.98. The maximum Gasteiger partial charge on any atom is 0.123 e. The standard InChI is InChI=1S/C11H14ClNO/c1-7-4-8(6-12)5-9(11(7)14)10-2-3-13-10/h4-5,10,13-14H,2-3,6H2,1H3/t10-/m0/s1. The first-order chi connectivity index (χ1) is 6.72. The van der Waals surface area contributed by atoms with E-state index in [4.69, 9.17) is 11.6 Å². The molecule has 0 unspecified atom stereocenters. The minimum absolute atomic E-state index is 0.317. The van der Waals surface area contributed by atoms with Crippen LogP contribution < -0.4 is 5.32 Å². The Hall–Kier alpha value is -0.730. The fourth-order valence-electron chi connectivity index (χ4n) is 1.78. The van der Waals surface area contributed by atoms with Crippen LogP contribution in [0, 0.1) is 6.92 Å². The molecule has 1 aromatic rings. The third kappa shape index (κ3) is 1.60. The molecular weight excluding hydrogens is 198 g/mol. The summed E-state index contributed by atoms with van der Waals surface area (Å²) in [6.45, 7) is 2.95. The molecule has 2 nitrogen and oxygen atoms in total. The first-order valence-electron chi connectivity index (χ1n) is 4.84. The topological polar surface area (TPSA) is 32.3 Å². The molecule has 2 rings (SSSR count). The van der Waals surface area contributed by atoms with Crippen molar-refractivity contribution in [2.75, 3.05) is 6.54 Å². The second-order valence-electron chi connectivity index (χ2n) is 3.78. The first-order valence-corrected chi connectivity index (χ1v) is 5.37. The monoisotopic (exact) mass is 211 g/mol. The number of aromatic hydroxyl groups is 1. The SMILES string of the molecule is Cc1cc(CCl)cc([C@@H]2CCN2)c1O. The zero-order chi connectivity index (χ0) is 10.1. The Morgan fingerprint density at radius 3 is 2.79 bits per heavy atom. The van der Waals surface area contributed by atoms with Crippen LogP contribution in [0.2, 0.25) is 0 Å². The second kappa shape index (κ2) is 3.79. The fraction of sp³-hybridized carbons (Fsp3) is 0.455. The molecule has 0 aliphatic carbocycles. The Morgan fingerprint density at radius 2 is 2.29 bits per heavy atom. The van der Waals surface area contributed by atoms with E-state index in [0.29, 0.717) is 17.7 Å². The molecule has 1 saturated heterocycles. The molecule has 3 heteroatoms. The van der Waals surface area contributed by atoms with Gasteiger partial charge in [0.05, 0.1) is 0 Å². The molecule has 14 heavy (non-hydrogen) atoms. The number of alkyl halides is 1. The molecule has 1 aliphatic rings. The molecule has 0 amide bonds. The fourth-order valence-corrected chi connectivity index (χ4v) is 1.94. The average molecular weight is 212 g/mol. The number of phenols is 1. The lowest BCUT2D eigenvalue weighted by molar-refractivity contribution is 0.363. The third-order valence-electron chi connectivity index (χ3n) is 2.74. The predicted octanol–water partition coefficient (Wildman–Crippen LogP) is 2.47. The molecule has 0 saturated carbocycles. The van der Waals surface area contributed by atoms with E-state index >= 15 is 0 Å². The van der Waals surface area contributed by atoms with Crippen LogP contribution in [0.15, 0.2) is 12.1 Å². The van der Waals surface area contributed by atoms with Gasteiger partial charge in [-0.15, -0.1) is 11.6 Å². The number of benzene rings is 1. The van der Waals surface area contributed by atoms with Gasteiger partial charge in [0.15, 0.2) is 0 Å². The lowest BCUT2D eigenvalue weighted by atomic mass is 9.94. The van der Waals surface area contributed by atoms with Crippen molar-refractivity contribution in [3.8, 4) is 5.75 Å². The molecule has 1 fully saturated rings. The molecule has 1 atom stereocenters. The van der Waals surface area contributed by atoms with Crippen LogP contribution >= 0.6 is 11.6 Å². The second-order valence-corrected chi connectivity index (χ2v) is 4.05. The van der Waals surface area contributed by atoms with Crippen molar-refractivity contribution in [3.05, 3.63) is 28.8 Å². The Bertz CT molecular complexity index is 347. The molecule has 1 aliphatic heterocycles. The van der Waals surface area contributed by atoms with Crippen molar-refractivity contribution in [1.82, 2.24) is 5.32 Å². The molecule has 76 valence electrons. The smallest absolute Gasteiger partial charge is 0.123 e. The van der Waals surface area contributed by atoms with Gasteiger partial charge in [-0.3, -0.25) is 0 Å². The lowest BCUT2D eigenvalue weighted by Gasteiger charge is -2.29. The van der Waals surface area contributed by atoms with E-state index in [-0.39, 0.29) is 0 Å². The molecule has 0 bridgehead atoms. The van der Waals surface area contributed by atoms with E-state index in [9.17, 15) is 5.11 Å². The Kier molecular flexibility index (Phi) is 2.66. The highest BCUT2D eigenvalue weighted by Crippen LogP contribution is 2.33. The van der Waals surface area contributed by atoms with E-state index in [1.165, 1.54) is 0 Å². The van der Waals surface area contributed by atoms with Gasteiger partial charge in [0.1, 0.15) is 5.75 Å². The molecule has 0 spiro atoms. The van der Waals surface area contributed by atoms with Gasteiger partial charge in [0.2, 0.25) is 0 Å². The predicted molar refractivity (Wildman–Crippen MR) is 57.8 cm³/mol. The summed E-state index contributed by atoms with van der Waals surface area (Å²) in [6.07, 6.45) is 1.10. The van der Waals surface area contributed by atoms with E-state index in [1.807, 2.05) is 19.1 Å². The summed E-state index contributed by atoms with van der Waals surface area (Å²) in [7, 11) is 0. The molecule has 1 aromatic carbocycles. The lowest BCUT2D eigenvalue weighted by Crippen LogP contribution is -2.35. The normalized spacial score (nSPS) is 20.6. The number of halogens is 1. The highest BCUT2D eigenvalue weighted by molar-refractivity contribution is 6.17. The molecular formula is C11H14ClNO. The van der Waals surface area contributed by atoms with Crippen LogP contribution in [0.4, 0.5) is 0 Å². The highest BCUT2D eigenvalue weighted by atomic mass is 35.5. The van der Waals surface area contributed by atoms with Crippen molar-refractivity contribution in [2.45, 2.75) is 25.3 Å². The maximum absolute atomic E-state index is 9.87. The zero-order valence-corrected chi connectivity index (χ0v) is 8.93. The summed E-state index contributed by atoms with van der Waals surface area (Å²) < 4.78 is 0. The summed E-state index contributed by atoms with van der Waals surface area (Å²) in [4.78, 5) is 0. The number of hydrogen-bond donors (Lipinski definition) is 2. The number of rotatable bonds is 2. The number of nitrogens with one attached hydrogen (secondary N) is 1. The third-order valence-corrected chi connectivity index (χ3v) is 3.05. The molecule has 0 radical (unpaired) electrons. The van der Waals surface area contributed by atoms with Gasteiger partial charge in [-0.2, -0.15) is 0 Å². The quantitative estimate of drug-likeness (QED) is 0.737.